The number of halogens is 1. The maximum absolute atomic E-state index is 13.6. The number of carboxylic acid groups (broad SMARTS) is 1. The summed E-state index contributed by atoms with van der Waals surface area (Å²) in [6, 6.07) is 15.5. The Kier molecular flexibility index (Phi) is 9.55. The largest absolute Gasteiger partial charge is 0.465 e. The standard InChI is InChI=1S/C28H33FN6O3/c29-22-12-10-21(11-13-22)26(33-25(36)17-20-8-14-23(15-9-20)32-28(37)38)24-18-31-27(35-34-24)30-16-4-7-19-5-2-1-3-6-19/h1-3,5-6,10-13,18,20,23,26,32H,4,7-9,14-17H2,(H,33,36)(H,37,38)(H,30,31,35)/t20-,23-,26?. The Bertz CT molecular complexity index is 1170. The first kappa shape index (κ1) is 27.0. The molecule has 38 heavy (non-hydrogen) atoms. The monoisotopic (exact) mass is 520 g/mol. The Morgan fingerprint density at radius 1 is 1.00 bits per heavy atom. The van der Waals surface area contributed by atoms with E-state index in [0.29, 0.717) is 43.0 Å². The van der Waals surface area contributed by atoms with E-state index in [1.54, 1.807) is 18.3 Å². The number of hydrogen-bond donors (Lipinski definition) is 4. The summed E-state index contributed by atoms with van der Waals surface area (Å²) in [5.74, 6) is 0.0452. The van der Waals surface area contributed by atoms with Crippen molar-refractivity contribution in [2.75, 3.05) is 11.9 Å². The number of amides is 2. The maximum atomic E-state index is 13.6. The van der Waals surface area contributed by atoms with E-state index in [4.69, 9.17) is 5.11 Å². The van der Waals surface area contributed by atoms with Crippen molar-refractivity contribution < 1.29 is 19.1 Å². The topological polar surface area (TPSA) is 129 Å². The third-order valence-corrected chi connectivity index (χ3v) is 6.80. The number of nitrogens with zero attached hydrogens (tertiary/aromatic N) is 3. The number of aromatic nitrogens is 3. The molecule has 10 heteroatoms. The summed E-state index contributed by atoms with van der Waals surface area (Å²) < 4.78 is 13.6. The van der Waals surface area contributed by atoms with Crippen LogP contribution < -0.4 is 16.0 Å². The van der Waals surface area contributed by atoms with Crippen LogP contribution in [0.3, 0.4) is 0 Å². The van der Waals surface area contributed by atoms with Gasteiger partial charge in [0.1, 0.15) is 11.5 Å². The Labute approximate surface area is 221 Å². The molecular weight excluding hydrogens is 487 g/mol. The van der Waals surface area contributed by atoms with E-state index in [-0.39, 0.29) is 23.7 Å². The molecule has 3 aromatic rings. The van der Waals surface area contributed by atoms with Crippen LogP contribution >= 0.6 is 0 Å². The van der Waals surface area contributed by atoms with E-state index in [1.807, 2.05) is 18.2 Å². The highest BCUT2D eigenvalue weighted by atomic mass is 19.1. The smallest absolute Gasteiger partial charge is 0.404 e. The van der Waals surface area contributed by atoms with Gasteiger partial charge in [-0.1, -0.05) is 42.5 Å². The highest BCUT2D eigenvalue weighted by Crippen LogP contribution is 2.28. The zero-order chi connectivity index (χ0) is 26.7. The first-order valence-corrected chi connectivity index (χ1v) is 13.0. The molecule has 1 aromatic heterocycles. The zero-order valence-corrected chi connectivity index (χ0v) is 21.1. The Morgan fingerprint density at radius 2 is 1.74 bits per heavy atom. The number of benzene rings is 2. The molecule has 1 fully saturated rings. The van der Waals surface area contributed by atoms with Gasteiger partial charge in [-0.25, -0.2) is 14.2 Å². The molecular formula is C28H33FN6O3. The summed E-state index contributed by atoms with van der Waals surface area (Å²) in [7, 11) is 0. The number of aryl methyl sites for hydroxylation is 1. The van der Waals surface area contributed by atoms with Gasteiger partial charge in [0.05, 0.1) is 12.2 Å². The minimum absolute atomic E-state index is 0.0643. The molecule has 0 bridgehead atoms. The molecule has 9 nitrogen and oxygen atoms in total. The number of nitrogens with one attached hydrogen (secondary N) is 3. The number of carbonyl (C=O) groups is 2. The average Bonchev–Trinajstić information content (AvgIpc) is 2.92. The Balaban J connectivity index is 1.34. The zero-order valence-electron chi connectivity index (χ0n) is 21.1. The normalized spacial score (nSPS) is 17.8. The fourth-order valence-electron chi connectivity index (χ4n) is 4.79. The summed E-state index contributed by atoms with van der Waals surface area (Å²) in [6.07, 6.45) is 5.69. The maximum Gasteiger partial charge on any atom is 0.404 e. The average molecular weight is 521 g/mol. The third-order valence-electron chi connectivity index (χ3n) is 6.80. The quantitative estimate of drug-likeness (QED) is 0.274. The predicted octanol–water partition coefficient (Wildman–Crippen LogP) is 4.48. The van der Waals surface area contributed by atoms with Crippen molar-refractivity contribution in [2.24, 2.45) is 5.92 Å². The SMILES string of the molecule is O=C(C[C@H]1CC[C@H](NC(=O)O)CC1)NC(c1ccc(F)cc1)c1cnc(NCCCc2ccccc2)nn1. The molecule has 0 radical (unpaired) electrons. The highest BCUT2D eigenvalue weighted by molar-refractivity contribution is 5.77. The third kappa shape index (κ3) is 8.22. The molecule has 0 spiro atoms. The molecule has 1 unspecified atom stereocenters. The van der Waals surface area contributed by atoms with Gasteiger partial charge in [-0.15, -0.1) is 10.2 Å². The van der Waals surface area contributed by atoms with E-state index >= 15 is 0 Å². The molecule has 1 heterocycles. The lowest BCUT2D eigenvalue weighted by Crippen LogP contribution is -2.38. The lowest BCUT2D eigenvalue weighted by atomic mass is 9.84. The molecule has 2 aromatic carbocycles. The molecule has 0 saturated heterocycles. The van der Waals surface area contributed by atoms with Gasteiger partial charge in [0.15, 0.2) is 0 Å². The van der Waals surface area contributed by atoms with Gasteiger partial charge in [-0.05, 0) is 67.7 Å². The van der Waals surface area contributed by atoms with E-state index < -0.39 is 12.1 Å². The fourth-order valence-corrected chi connectivity index (χ4v) is 4.79. The van der Waals surface area contributed by atoms with Crippen LogP contribution in [0.4, 0.5) is 15.1 Å². The van der Waals surface area contributed by atoms with Crippen LogP contribution in [-0.2, 0) is 11.2 Å². The number of rotatable bonds is 11. The van der Waals surface area contributed by atoms with Crippen LogP contribution in [-0.4, -0.2) is 44.9 Å². The second-order valence-corrected chi connectivity index (χ2v) is 9.65. The van der Waals surface area contributed by atoms with Gasteiger partial charge in [-0.2, -0.15) is 0 Å². The first-order chi connectivity index (χ1) is 18.5. The molecule has 1 atom stereocenters. The van der Waals surface area contributed by atoms with Crippen LogP contribution in [0, 0.1) is 11.7 Å². The van der Waals surface area contributed by atoms with Gasteiger partial charge in [-0.3, -0.25) is 4.79 Å². The van der Waals surface area contributed by atoms with E-state index in [0.717, 1.165) is 25.7 Å². The highest BCUT2D eigenvalue weighted by Gasteiger charge is 2.26. The second-order valence-electron chi connectivity index (χ2n) is 9.65. The summed E-state index contributed by atoms with van der Waals surface area (Å²) in [6.45, 7) is 0.693. The molecule has 4 rings (SSSR count). The first-order valence-electron chi connectivity index (χ1n) is 13.0. The van der Waals surface area contributed by atoms with Crippen molar-refractivity contribution in [2.45, 2.75) is 57.0 Å². The number of hydrogen-bond acceptors (Lipinski definition) is 6. The van der Waals surface area contributed by atoms with Gasteiger partial charge in [0.25, 0.3) is 0 Å². The predicted molar refractivity (Wildman–Crippen MR) is 141 cm³/mol. The summed E-state index contributed by atoms with van der Waals surface area (Å²) in [5.41, 5.74) is 2.40. The summed E-state index contributed by atoms with van der Waals surface area (Å²) >= 11 is 0. The second kappa shape index (κ2) is 13.5. The van der Waals surface area contributed by atoms with Crippen molar-refractivity contribution in [3.63, 3.8) is 0 Å². The van der Waals surface area contributed by atoms with E-state index in [9.17, 15) is 14.0 Å². The molecule has 1 aliphatic rings. The lowest BCUT2D eigenvalue weighted by Gasteiger charge is -2.28. The van der Waals surface area contributed by atoms with Crippen molar-refractivity contribution in [3.05, 3.63) is 83.4 Å². The van der Waals surface area contributed by atoms with Crippen molar-refractivity contribution >= 4 is 17.9 Å². The minimum atomic E-state index is -1.02. The van der Waals surface area contributed by atoms with Gasteiger partial charge in [0, 0.05) is 19.0 Å². The molecule has 1 aliphatic carbocycles. The Hall–Kier alpha value is -4.08. The van der Waals surface area contributed by atoms with Crippen molar-refractivity contribution in [3.8, 4) is 0 Å². The van der Waals surface area contributed by atoms with Gasteiger partial charge >= 0.3 is 6.09 Å². The number of carbonyl (C=O) groups excluding carboxylic acids is 1. The molecule has 1 saturated carbocycles. The minimum Gasteiger partial charge on any atom is -0.465 e. The van der Waals surface area contributed by atoms with Crippen molar-refractivity contribution in [1.82, 2.24) is 25.8 Å². The van der Waals surface area contributed by atoms with Crippen LogP contribution in [0.5, 0.6) is 0 Å². The number of anilines is 1. The van der Waals surface area contributed by atoms with Crippen LogP contribution in [0.1, 0.15) is 61.4 Å². The summed E-state index contributed by atoms with van der Waals surface area (Å²) in [4.78, 5) is 28.2. The van der Waals surface area contributed by atoms with Crippen LogP contribution in [0.2, 0.25) is 0 Å². The Morgan fingerprint density at radius 3 is 2.39 bits per heavy atom. The fraction of sp³-hybridized carbons (Fsp3) is 0.393. The van der Waals surface area contributed by atoms with Gasteiger partial charge in [0.2, 0.25) is 11.9 Å². The van der Waals surface area contributed by atoms with E-state index in [1.165, 1.54) is 17.7 Å². The molecule has 200 valence electrons. The molecule has 2 amide bonds. The molecule has 0 aliphatic heterocycles. The van der Waals surface area contributed by atoms with Crippen molar-refractivity contribution in [1.29, 1.82) is 0 Å². The van der Waals surface area contributed by atoms with Gasteiger partial charge < -0.3 is 21.1 Å². The van der Waals surface area contributed by atoms with E-state index in [2.05, 4.69) is 43.3 Å². The summed E-state index contributed by atoms with van der Waals surface area (Å²) in [5, 5.41) is 26.1. The lowest BCUT2D eigenvalue weighted by molar-refractivity contribution is -0.122. The van der Waals surface area contributed by atoms with Crippen LogP contribution in [0.25, 0.3) is 0 Å². The molecule has 4 N–H and O–H groups in total. The van der Waals surface area contributed by atoms with Crippen LogP contribution in [0.15, 0.2) is 60.8 Å².